The van der Waals surface area contributed by atoms with Gasteiger partial charge in [0.2, 0.25) is 0 Å². The normalized spacial score (nSPS) is 11.5. The van der Waals surface area contributed by atoms with Crippen molar-refractivity contribution < 1.29 is 22.3 Å². The van der Waals surface area contributed by atoms with Crippen molar-refractivity contribution in [1.82, 2.24) is 0 Å². The summed E-state index contributed by atoms with van der Waals surface area (Å²) in [4.78, 5) is 0. The van der Waals surface area contributed by atoms with Gasteiger partial charge in [-0.25, -0.2) is 4.39 Å². The first-order chi connectivity index (χ1) is 6.42. The van der Waals surface area contributed by atoms with Crippen molar-refractivity contribution in [3.63, 3.8) is 0 Å². The Balaban J connectivity index is 2.97. The van der Waals surface area contributed by atoms with Crippen LogP contribution >= 0.6 is 11.6 Å². The van der Waals surface area contributed by atoms with E-state index in [0.717, 1.165) is 18.2 Å². The SMILES string of the molecule is Fc1ccc(OC(F)(F)F)c(CCl)c1. The summed E-state index contributed by atoms with van der Waals surface area (Å²) >= 11 is 5.32. The van der Waals surface area contributed by atoms with Gasteiger partial charge in [0.1, 0.15) is 11.6 Å². The van der Waals surface area contributed by atoms with E-state index < -0.39 is 17.9 Å². The zero-order valence-electron chi connectivity index (χ0n) is 6.74. The summed E-state index contributed by atoms with van der Waals surface area (Å²) in [6, 6.07) is 2.66. The second kappa shape index (κ2) is 4.04. The van der Waals surface area contributed by atoms with Gasteiger partial charge in [-0.05, 0) is 18.2 Å². The van der Waals surface area contributed by atoms with Crippen LogP contribution < -0.4 is 4.74 Å². The predicted octanol–water partition coefficient (Wildman–Crippen LogP) is 3.46. The first-order valence-corrected chi connectivity index (χ1v) is 4.06. The van der Waals surface area contributed by atoms with Crippen LogP contribution in [0, 0.1) is 5.82 Å². The van der Waals surface area contributed by atoms with Crippen molar-refractivity contribution in [2.75, 3.05) is 0 Å². The van der Waals surface area contributed by atoms with Crippen molar-refractivity contribution in [3.05, 3.63) is 29.6 Å². The Bertz CT molecular complexity index is 324. The molecule has 0 aromatic heterocycles. The molecule has 1 aromatic carbocycles. The van der Waals surface area contributed by atoms with Gasteiger partial charge in [0.05, 0.1) is 5.88 Å². The maximum atomic E-state index is 12.6. The highest BCUT2D eigenvalue weighted by Gasteiger charge is 2.32. The van der Waals surface area contributed by atoms with E-state index in [4.69, 9.17) is 11.6 Å². The van der Waals surface area contributed by atoms with E-state index in [1.807, 2.05) is 0 Å². The van der Waals surface area contributed by atoms with Crippen LogP contribution in [-0.4, -0.2) is 6.36 Å². The van der Waals surface area contributed by atoms with Crippen molar-refractivity contribution in [1.29, 1.82) is 0 Å². The highest BCUT2D eigenvalue weighted by atomic mass is 35.5. The maximum absolute atomic E-state index is 12.6. The van der Waals surface area contributed by atoms with Crippen molar-refractivity contribution in [3.8, 4) is 5.75 Å². The van der Waals surface area contributed by atoms with E-state index in [2.05, 4.69) is 4.74 Å². The molecule has 0 N–H and O–H groups in total. The molecule has 1 rings (SSSR count). The molecule has 0 heterocycles. The van der Waals surface area contributed by atoms with E-state index in [1.54, 1.807) is 0 Å². The van der Waals surface area contributed by atoms with Crippen LogP contribution in [0.4, 0.5) is 17.6 Å². The van der Waals surface area contributed by atoms with Gasteiger partial charge in [-0.15, -0.1) is 24.8 Å². The predicted molar refractivity (Wildman–Crippen MR) is 42.6 cm³/mol. The van der Waals surface area contributed by atoms with E-state index in [-0.39, 0.29) is 11.4 Å². The molecule has 6 heteroatoms. The van der Waals surface area contributed by atoms with Gasteiger partial charge < -0.3 is 4.74 Å². The number of ether oxygens (including phenoxy) is 1. The molecule has 0 amide bonds. The second-order valence-electron chi connectivity index (χ2n) is 2.43. The molecule has 0 spiro atoms. The molecule has 0 radical (unpaired) electrons. The van der Waals surface area contributed by atoms with Gasteiger partial charge in [-0.3, -0.25) is 0 Å². The van der Waals surface area contributed by atoms with Crippen molar-refractivity contribution in [2.45, 2.75) is 12.2 Å². The van der Waals surface area contributed by atoms with Gasteiger partial charge >= 0.3 is 6.36 Å². The molecule has 0 bridgehead atoms. The Labute approximate surface area is 82.2 Å². The van der Waals surface area contributed by atoms with Crippen LogP contribution in [0.2, 0.25) is 0 Å². The second-order valence-corrected chi connectivity index (χ2v) is 2.70. The Morgan fingerprint density at radius 3 is 2.43 bits per heavy atom. The lowest BCUT2D eigenvalue weighted by atomic mass is 10.2. The summed E-state index contributed by atoms with van der Waals surface area (Å²) in [6.45, 7) is 0. The summed E-state index contributed by atoms with van der Waals surface area (Å²) in [5.41, 5.74) is -0.0380. The molecular formula is C8H5ClF4O. The van der Waals surface area contributed by atoms with Crippen LogP contribution in [-0.2, 0) is 5.88 Å². The minimum absolute atomic E-state index is 0.0380. The molecule has 78 valence electrons. The molecule has 0 fully saturated rings. The lowest BCUT2D eigenvalue weighted by Gasteiger charge is -2.11. The van der Waals surface area contributed by atoms with E-state index in [0.29, 0.717) is 0 Å². The molecular weight excluding hydrogens is 224 g/mol. The molecule has 14 heavy (non-hydrogen) atoms. The molecule has 0 saturated carbocycles. The van der Waals surface area contributed by atoms with E-state index >= 15 is 0 Å². The van der Waals surface area contributed by atoms with Crippen LogP contribution in [0.25, 0.3) is 0 Å². The zero-order valence-corrected chi connectivity index (χ0v) is 7.49. The molecule has 1 nitrogen and oxygen atoms in total. The van der Waals surface area contributed by atoms with Crippen molar-refractivity contribution >= 4 is 11.6 Å². The Kier molecular flexibility index (Phi) is 3.21. The lowest BCUT2D eigenvalue weighted by molar-refractivity contribution is -0.274. The fraction of sp³-hybridized carbons (Fsp3) is 0.250. The average molecular weight is 229 g/mol. The van der Waals surface area contributed by atoms with Gasteiger partial charge in [0, 0.05) is 5.56 Å². The summed E-state index contributed by atoms with van der Waals surface area (Å²) in [6.07, 6.45) is -4.79. The molecule has 0 unspecified atom stereocenters. The molecule has 1 aromatic rings. The largest absolute Gasteiger partial charge is 0.573 e. The van der Waals surface area contributed by atoms with E-state index in [1.165, 1.54) is 0 Å². The summed E-state index contributed by atoms with van der Waals surface area (Å²) < 4.78 is 51.6. The first-order valence-electron chi connectivity index (χ1n) is 3.52. The summed E-state index contributed by atoms with van der Waals surface area (Å²) in [5, 5.41) is 0. The number of alkyl halides is 4. The third-order valence-electron chi connectivity index (χ3n) is 1.39. The van der Waals surface area contributed by atoms with Crippen LogP contribution in [0.15, 0.2) is 18.2 Å². The first kappa shape index (κ1) is 11.1. The number of rotatable bonds is 2. The maximum Gasteiger partial charge on any atom is 0.573 e. The van der Waals surface area contributed by atoms with Crippen LogP contribution in [0.5, 0.6) is 5.75 Å². The highest BCUT2D eigenvalue weighted by molar-refractivity contribution is 6.17. The molecule has 0 saturated heterocycles. The number of benzene rings is 1. The van der Waals surface area contributed by atoms with Gasteiger partial charge in [0.25, 0.3) is 0 Å². The standard InChI is InChI=1S/C8H5ClF4O/c9-4-5-3-6(10)1-2-7(5)14-8(11,12)13/h1-3H,4H2. The fourth-order valence-electron chi connectivity index (χ4n) is 0.877. The Hall–Kier alpha value is -0.970. The van der Waals surface area contributed by atoms with Gasteiger partial charge in [0.15, 0.2) is 0 Å². The average Bonchev–Trinajstić information content (AvgIpc) is 2.06. The minimum atomic E-state index is -4.79. The minimum Gasteiger partial charge on any atom is -0.405 e. The quantitative estimate of drug-likeness (QED) is 0.556. The fourth-order valence-corrected chi connectivity index (χ4v) is 1.09. The van der Waals surface area contributed by atoms with Crippen molar-refractivity contribution in [2.24, 2.45) is 0 Å². The van der Waals surface area contributed by atoms with Crippen LogP contribution in [0.1, 0.15) is 5.56 Å². The third kappa shape index (κ3) is 3.06. The zero-order chi connectivity index (χ0) is 10.8. The summed E-state index contributed by atoms with van der Waals surface area (Å²) in [5.74, 6) is -1.38. The van der Waals surface area contributed by atoms with Crippen LogP contribution in [0.3, 0.4) is 0 Å². The molecule has 0 atom stereocenters. The molecule has 0 aliphatic heterocycles. The Morgan fingerprint density at radius 2 is 1.93 bits per heavy atom. The van der Waals surface area contributed by atoms with E-state index in [9.17, 15) is 17.6 Å². The Morgan fingerprint density at radius 1 is 1.29 bits per heavy atom. The number of hydrogen-bond donors (Lipinski definition) is 0. The molecule has 0 aliphatic rings. The summed E-state index contributed by atoms with van der Waals surface area (Å²) in [7, 11) is 0. The molecule has 0 aliphatic carbocycles. The van der Waals surface area contributed by atoms with Gasteiger partial charge in [-0.1, -0.05) is 0 Å². The highest BCUT2D eigenvalue weighted by Crippen LogP contribution is 2.27. The topological polar surface area (TPSA) is 9.23 Å². The number of hydrogen-bond acceptors (Lipinski definition) is 1. The van der Waals surface area contributed by atoms with Gasteiger partial charge in [-0.2, -0.15) is 0 Å². The third-order valence-corrected chi connectivity index (χ3v) is 1.68. The number of halogens is 5. The smallest absolute Gasteiger partial charge is 0.405 e. The lowest BCUT2D eigenvalue weighted by Crippen LogP contribution is -2.18. The monoisotopic (exact) mass is 228 g/mol.